The van der Waals surface area contributed by atoms with Gasteiger partial charge in [-0.3, -0.25) is 4.99 Å². The molecular formula is C15H14ClNO. The van der Waals surface area contributed by atoms with E-state index in [1.54, 1.807) is 24.4 Å². The molecule has 0 unspecified atom stereocenters. The van der Waals surface area contributed by atoms with E-state index in [2.05, 4.69) is 4.99 Å². The molecule has 0 aliphatic rings. The van der Waals surface area contributed by atoms with Crippen molar-refractivity contribution in [3.8, 4) is 5.75 Å². The van der Waals surface area contributed by atoms with Crippen LogP contribution in [0, 0.1) is 0 Å². The van der Waals surface area contributed by atoms with Gasteiger partial charge in [-0.25, -0.2) is 0 Å². The highest BCUT2D eigenvalue weighted by molar-refractivity contribution is 6.30. The molecule has 1 atom stereocenters. The molecule has 0 aliphatic heterocycles. The molecule has 92 valence electrons. The molecule has 0 fully saturated rings. The van der Waals surface area contributed by atoms with Crippen LogP contribution in [0.25, 0.3) is 0 Å². The van der Waals surface area contributed by atoms with E-state index in [9.17, 15) is 5.11 Å². The van der Waals surface area contributed by atoms with E-state index in [0.717, 1.165) is 5.56 Å². The molecule has 18 heavy (non-hydrogen) atoms. The molecule has 2 aromatic rings. The summed E-state index contributed by atoms with van der Waals surface area (Å²) in [5.74, 6) is 0.184. The minimum Gasteiger partial charge on any atom is -0.507 e. The Hall–Kier alpha value is -1.80. The van der Waals surface area contributed by atoms with Gasteiger partial charge in [-0.1, -0.05) is 41.9 Å². The van der Waals surface area contributed by atoms with Crippen LogP contribution in [0.4, 0.5) is 0 Å². The average Bonchev–Trinajstić information content (AvgIpc) is 2.40. The van der Waals surface area contributed by atoms with Crippen LogP contribution < -0.4 is 0 Å². The highest BCUT2D eigenvalue weighted by atomic mass is 35.5. The maximum Gasteiger partial charge on any atom is 0.124 e. The van der Waals surface area contributed by atoms with Crippen LogP contribution >= 0.6 is 11.6 Å². The zero-order chi connectivity index (χ0) is 13.0. The summed E-state index contributed by atoms with van der Waals surface area (Å²) in [6.07, 6.45) is 1.65. The van der Waals surface area contributed by atoms with Crippen LogP contribution in [0.15, 0.2) is 53.5 Å². The fourth-order valence-corrected chi connectivity index (χ4v) is 1.82. The number of aliphatic imine (C=N–C) groups is 1. The molecule has 0 bridgehead atoms. The highest BCUT2D eigenvalue weighted by Crippen LogP contribution is 2.21. The highest BCUT2D eigenvalue weighted by Gasteiger charge is 2.02. The van der Waals surface area contributed by atoms with Crippen LogP contribution in [0.5, 0.6) is 5.75 Å². The summed E-state index contributed by atoms with van der Waals surface area (Å²) in [6, 6.07) is 15.0. The Morgan fingerprint density at radius 3 is 2.61 bits per heavy atom. The van der Waals surface area contributed by atoms with E-state index in [0.29, 0.717) is 10.6 Å². The van der Waals surface area contributed by atoms with E-state index in [1.165, 1.54) is 0 Å². The fraction of sp³-hybridized carbons (Fsp3) is 0.133. The molecule has 2 rings (SSSR count). The molecule has 0 heterocycles. The lowest BCUT2D eigenvalue weighted by molar-refractivity contribution is 0.474. The summed E-state index contributed by atoms with van der Waals surface area (Å²) >= 11 is 5.88. The summed E-state index contributed by atoms with van der Waals surface area (Å²) in [5.41, 5.74) is 1.76. The van der Waals surface area contributed by atoms with Crippen LogP contribution in [0.2, 0.25) is 5.02 Å². The van der Waals surface area contributed by atoms with E-state index in [-0.39, 0.29) is 11.8 Å². The summed E-state index contributed by atoms with van der Waals surface area (Å²) in [4.78, 5) is 4.42. The van der Waals surface area contributed by atoms with Crippen molar-refractivity contribution in [2.45, 2.75) is 13.0 Å². The number of aromatic hydroxyl groups is 1. The SMILES string of the molecule is C[C@H](N=Cc1cc(Cl)ccc1O)c1ccccc1. The number of hydrogen-bond acceptors (Lipinski definition) is 2. The van der Waals surface area contributed by atoms with Crippen molar-refractivity contribution in [2.75, 3.05) is 0 Å². The Bertz CT molecular complexity index is 552. The van der Waals surface area contributed by atoms with Crippen molar-refractivity contribution in [1.29, 1.82) is 0 Å². The quantitative estimate of drug-likeness (QED) is 0.822. The number of halogens is 1. The summed E-state index contributed by atoms with van der Waals surface area (Å²) in [7, 11) is 0. The Labute approximate surface area is 112 Å². The van der Waals surface area contributed by atoms with Crippen molar-refractivity contribution in [3.63, 3.8) is 0 Å². The van der Waals surface area contributed by atoms with Gasteiger partial charge in [0.15, 0.2) is 0 Å². The molecule has 0 saturated heterocycles. The monoisotopic (exact) mass is 259 g/mol. The molecule has 0 saturated carbocycles. The van der Waals surface area contributed by atoms with Gasteiger partial charge in [-0.2, -0.15) is 0 Å². The van der Waals surface area contributed by atoms with Gasteiger partial charge in [0.25, 0.3) is 0 Å². The third-order valence-corrected chi connectivity index (χ3v) is 2.94. The largest absolute Gasteiger partial charge is 0.507 e. The Kier molecular flexibility index (Phi) is 4.00. The van der Waals surface area contributed by atoms with E-state index < -0.39 is 0 Å². The number of hydrogen-bond donors (Lipinski definition) is 1. The lowest BCUT2D eigenvalue weighted by Crippen LogP contribution is -1.91. The van der Waals surface area contributed by atoms with Crippen molar-refractivity contribution in [2.24, 2.45) is 4.99 Å². The van der Waals surface area contributed by atoms with Crippen molar-refractivity contribution >= 4 is 17.8 Å². The maximum absolute atomic E-state index is 9.67. The van der Waals surface area contributed by atoms with Gasteiger partial charge in [0.1, 0.15) is 5.75 Å². The topological polar surface area (TPSA) is 32.6 Å². The molecule has 3 heteroatoms. The minimum absolute atomic E-state index is 0.0459. The van der Waals surface area contributed by atoms with E-state index in [4.69, 9.17) is 11.6 Å². The lowest BCUT2D eigenvalue weighted by Gasteiger charge is -2.06. The second-order valence-electron chi connectivity index (χ2n) is 4.07. The van der Waals surface area contributed by atoms with Crippen LogP contribution in [-0.4, -0.2) is 11.3 Å². The van der Waals surface area contributed by atoms with Gasteiger partial charge in [0, 0.05) is 16.8 Å². The predicted molar refractivity (Wildman–Crippen MR) is 75.6 cm³/mol. The minimum atomic E-state index is 0.0459. The van der Waals surface area contributed by atoms with Gasteiger partial charge in [0.05, 0.1) is 6.04 Å². The first kappa shape index (κ1) is 12.7. The van der Waals surface area contributed by atoms with Gasteiger partial charge < -0.3 is 5.11 Å². The van der Waals surface area contributed by atoms with Gasteiger partial charge in [-0.15, -0.1) is 0 Å². The van der Waals surface area contributed by atoms with Gasteiger partial charge in [0.2, 0.25) is 0 Å². The molecule has 0 spiro atoms. The molecule has 0 aromatic heterocycles. The summed E-state index contributed by atoms with van der Waals surface area (Å²) in [6.45, 7) is 2.01. The smallest absolute Gasteiger partial charge is 0.124 e. The second-order valence-corrected chi connectivity index (χ2v) is 4.50. The third-order valence-electron chi connectivity index (χ3n) is 2.71. The Morgan fingerprint density at radius 2 is 1.89 bits per heavy atom. The van der Waals surface area contributed by atoms with E-state index >= 15 is 0 Å². The van der Waals surface area contributed by atoms with Crippen molar-refractivity contribution < 1.29 is 5.11 Å². The Balaban J connectivity index is 2.18. The summed E-state index contributed by atoms with van der Waals surface area (Å²) in [5, 5.41) is 10.3. The third kappa shape index (κ3) is 3.11. The van der Waals surface area contributed by atoms with Gasteiger partial charge >= 0.3 is 0 Å². The second kappa shape index (κ2) is 5.69. The van der Waals surface area contributed by atoms with Crippen molar-refractivity contribution in [3.05, 3.63) is 64.7 Å². The first-order valence-electron chi connectivity index (χ1n) is 5.73. The Morgan fingerprint density at radius 1 is 1.17 bits per heavy atom. The number of rotatable bonds is 3. The fourth-order valence-electron chi connectivity index (χ4n) is 1.64. The molecule has 0 radical (unpaired) electrons. The zero-order valence-corrected chi connectivity index (χ0v) is 10.8. The molecule has 0 amide bonds. The van der Waals surface area contributed by atoms with Crippen LogP contribution in [-0.2, 0) is 0 Å². The zero-order valence-electron chi connectivity index (χ0n) is 10.0. The van der Waals surface area contributed by atoms with E-state index in [1.807, 2.05) is 37.3 Å². The molecular weight excluding hydrogens is 246 g/mol. The standard InChI is InChI=1S/C15H14ClNO/c1-11(12-5-3-2-4-6-12)17-10-13-9-14(16)7-8-15(13)18/h2-11,18H,1H3/t11-/m0/s1. The average molecular weight is 260 g/mol. The van der Waals surface area contributed by atoms with Gasteiger partial charge in [-0.05, 0) is 30.7 Å². The number of nitrogens with zero attached hydrogens (tertiary/aromatic N) is 1. The maximum atomic E-state index is 9.67. The molecule has 2 aromatic carbocycles. The predicted octanol–water partition coefficient (Wildman–Crippen LogP) is 4.23. The number of phenols is 1. The first-order valence-corrected chi connectivity index (χ1v) is 6.11. The van der Waals surface area contributed by atoms with Crippen LogP contribution in [0.1, 0.15) is 24.1 Å². The summed E-state index contributed by atoms with van der Waals surface area (Å²) < 4.78 is 0. The lowest BCUT2D eigenvalue weighted by atomic mass is 10.1. The van der Waals surface area contributed by atoms with Crippen LogP contribution in [0.3, 0.4) is 0 Å². The molecule has 1 N–H and O–H groups in total. The number of phenolic OH excluding ortho intramolecular Hbond substituents is 1. The van der Waals surface area contributed by atoms with Crippen molar-refractivity contribution in [1.82, 2.24) is 0 Å². The number of benzene rings is 2. The molecule has 0 aliphatic carbocycles. The first-order chi connectivity index (χ1) is 8.66. The normalized spacial score (nSPS) is 12.8. The molecule has 2 nitrogen and oxygen atoms in total.